The molecule has 2 rings (SSSR count). The normalized spacial score (nSPS) is 19.6. The third kappa shape index (κ3) is 2.82. The minimum absolute atomic E-state index is 0.0248. The van der Waals surface area contributed by atoms with Crippen molar-refractivity contribution in [3.63, 3.8) is 0 Å². The molecule has 1 amide bonds. The van der Waals surface area contributed by atoms with Gasteiger partial charge in [0, 0.05) is 7.05 Å². The summed E-state index contributed by atoms with van der Waals surface area (Å²) in [4.78, 5) is 13.7. The van der Waals surface area contributed by atoms with Crippen molar-refractivity contribution in [2.45, 2.75) is 25.3 Å². The highest BCUT2D eigenvalue weighted by molar-refractivity contribution is 6.33. The molecule has 98 valence electrons. The van der Waals surface area contributed by atoms with Gasteiger partial charge >= 0.3 is 0 Å². The molecular weight excluding hydrogens is 255 g/mol. The lowest BCUT2D eigenvalue weighted by molar-refractivity contribution is -0.120. The number of hydrogen-bond acceptors (Lipinski definition) is 2. The van der Waals surface area contributed by atoms with Crippen molar-refractivity contribution in [2.24, 2.45) is 0 Å². The first-order valence-corrected chi connectivity index (χ1v) is 6.43. The van der Waals surface area contributed by atoms with E-state index in [0.717, 1.165) is 25.8 Å². The molecule has 0 aliphatic carbocycles. The molecule has 1 aromatic carbocycles. The molecule has 0 aromatic heterocycles. The van der Waals surface area contributed by atoms with Gasteiger partial charge in [0.2, 0.25) is 5.91 Å². The Labute approximate surface area is 111 Å². The number of rotatable bonds is 2. The van der Waals surface area contributed by atoms with Gasteiger partial charge in [-0.05, 0) is 37.6 Å². The number of carbonyl (C=O) groups excluding carboxylic acids is 1. The van der Waals surface area contributed by atoms with Gasteiger partial charge in [-0.3, -0.25) is 4.79 Å². The summed E-state index contributed by atoms with van der Waals surface area (Å²) in [5.74, 6) is -0.427. The Morgan fingerprint density at radius 2 is 2.28 bits per heavy atom. The van der Waals surface area contributed by atoms with Crippen LogP contribution < -0.4 is 10.2 Å². The number of anilines is 1. The van der Waals surface area contributed by atoms with Crippen molar-refractivity contribution < 1.29 is 9.18 Å². The molecule has 0 bridgehead atoms. The zero-order chi connectivity index (χ0) is 13.1. The van der Waals surface area contributed by atoms with Gasteiger partial charge in [0.1, 0.15) is 5.82 Å². The lowest BCUT2D eigenvalue weighted by Gasteiger charge is -2.28. The Morgan fingerprint density at radius 1 is 1.50 bits per heavy atom. The minimum Gasteiger partial charge on any atom is -0.313 e. The highest BCUT2D eigenvalue weighted by Crippen LogP contribution is 2.26. The molecule has 1 fully saturated rings. The van der Waals surface area contributed by atoms with Crippen molar-refractivity contribution in [3.05, 3.63) is 29.0 Å². The summed E-state index contributed by atoms with van der Waals surface area (Å²) in [6.07, 6.45) is 2.99. The van der Waals surface area contributed by atoms with E-state index in [9.17, 15) is 9.18 Å². The maximum absolute atomic E-state index is 13.0. The Kier molecular flexibility index (Phi) is 4.19. The van der Waals surface area contributed by atoms with E-state index in [2.05, 4.69) is 5.32 Å². The van der Waals surface area contributed by atoms with Gasteiger partial charge in [0.05, 0.1) is 16.8 Å². The summed E-state index contributed by atoms with van der Waals surface area (Å²) < 4.78 is 13.0. The van der Waals surface area contributed by atoms with Crippen LogP contribution in [0.2, 0.25) is 5.02 Å². The number of amides is 1. The van der Waals surface area contributed by atoms with Crippen LogP contribution in [-0.2, 0) is 4.79 Å². The van der Waals surface area contributed by atoms with Crippen molar-refractivity contribution in [2.75, 3.05) is 18.5 Å². The van der Waals surface area contributed by atoms with Crippen LogP contribution in [0.4, 0.5) is 10.1 Å². The summed E-state index contributed by atoms with van der Waals surface area (Å²) in [5, 5.41) is 3.44. The van der Waals surface area contributed by atoms with Crippen molar-refractivity contribution in [3.8, 4) is 0 Å². The van der Waals surface area contributed by atoms with E-state index in [0.29, 0.717) is 5.69 Å². The average molecular weight is 271 g/mol. The molecular formula is C13H16ClFN2O. The topological polar surface area (TPSA) is 32.3 Å². The van der Waals surface area contributed by atoms with E-state index in [1.54, 1.807) is 7.05 Å². The molecule has 1 heterocycles. The molecule has 3 nitrogen and oxygen atoms in total. The first-order valence-electron chi connectivity index (χ1n) is 6.05. The van der Waals surface area contributed by atoms with Crippen molar-refractivity contribution in [1.82, 2.24) is 5.32 Å². The van der Waals surface area contributed by atoms with Crippen LogP contribution >= 0.6 is 11.6 Å². The van der Waals surface area contributed by atoms with Gasteiger partial charge in [0.25, 0.3) is 0 Å². The Morgan fingerprint density at radius 3 is 2.89 bits per heavy atom. The molecule has 0 saturated carbocycles. The zero-order valence-corrected chi connectivity index (χ0v) is 11.0. The van der Waals surface area contributed by atoms with E-state index < -0.39 is 5.82 Å². The van der Waals surface area contributed by atoms with E-state index in [4.69, 9.17) is 11.6 Å². The molecule has 1 aromatic rings. The van der Waals surface area contributed by atoms with E-state index in [-0.39, 0.29) is 17.0 Å². The largest absolute Gasteiger partial charge is 0.313 e. The van der Waals surface area contributed by atoms with Gasteiger partial charge in [-0.1, -0.05) is 18.0 Å². The number of hydrogen-bond donors (Lipinski definition) is 1. The maximum atomic E-state index is 13.0. The molecule has 1 aliphatic rings. The lowest BCUT2D eigenvalue weighted by atomic mass is 10.0. The summed E-state index contributed by atoms with van der Waals surface area (Å²) in [6.45, 7) is 0.862. The number of halogens is 2. The van der Waals surface area contributed by atoms with Crippen LogP contribution in [0.1, 0.15) is 19.3 Å². The Bertz CT molecular complexity index is 447. The standard InChI is InChI=1S/C13H16ClFN2O/c1-17(12-6-5-9(15)8-10(12)14)13(18)11-4-2-3-7-16-11/h5-6,8,11,16H,2-4,7H2,1H3/t11-/m0/s1. The second-order valence-electron chi connectivity index (χ2n) is 4.50. The molecule has 0 spiro atoms. The highest BCUT2D eigenvalue weighted by atomic mass is 35.5. The van der Waals surface area contributed by atoms with Gasteiger partial charge in [0.15, 0.2) is 0 Å². The summed E-state index contributed by atoms with van der Waals surface area (Å²) in [5.41, 5.74) is 0.537. The number of piperidine rings is 1. The summed E-state index contributed by atoms with van der Waals surface area (Å²) >= 11 is 5.95. The predicted molar refractivity (Wildman–Crippen MR) is 70.5 cm³/mol. The van der Waals surface area contributed by atoms with Crippen LogP contribution in [0.15, 0.2) is 18.2 Å². The van der Waals surface area contributed by atoms with Gasteiger partial charge < -0.3 is 10.2 Å². The van der Waals surface area contributed by atoms with E-state index >= 15 is 0 Å². The zero-order valence-electron chi connectivity index (χ0n) is 10.2. The van der Waals surface area contributed by atoms with Crippen molar-refractivity contribution in [1.29, 1.82) is 0 Å². The van der Waals surface area contributed by atoms with E-state index in [1.165, 1.54) is 23.1 Å². The first kappa shape index (κ1) is 13.3. The molecule has 1 N–H and O–H groups in total. The molecule has 1 saturated heterocycles. The fourth-order valence-electron chi connectivity index (χ4n) is 2.17. The van der Waals surface area contributed by atoms with Gasteiger partial charge in [-0.15, -0.1) is 0 Å². The number of carbonyl (C=O) groups is 1. The van der Waals surface area contributed by atoms with Crippen LogP contribution in [0.25, 0.3) is 0 Å². The SMILES string of the molecule is CN(C(=O)[C@@H]1CCCCN1)c1ccc(F)cc1Cl. The summed E-state index contributed by atoms with van der Waals surface area (Å²) in [6, 6.07) is 3.89. The third-order valence-corrected chi connectivity index (χ3v) is 3.51. The van der Waals surface area contributed by atoms with Gasteiger partial charge in [-0.2, -0.15) is 0 Å². The van der Waals surface area contributed by atoms with E-state index in [1.807, 2.05) is 0 Å². The first-order chi connectivity index (χ1) is 8.59. The van der Waals surface area contributed by atoms with Crippen LogP contribution in [0, 0.1) is 5.82 Å². The molecule has 1 atom stereocenters. The lowest BCUT2D eigenvalue weighted by Crippen LogP contribution is -2.47. The molecule has 0 radical (unpaired) electrons. The monoisotopic (exact) mass is 270 g/mol. The fourth-order valence-corrected chi connectivity index (χ4v) is 2.46. The maximum Gasteiger partial charge on any atom is 0.243 e. The van der Waals surface area contributed by atoms with Gasteiger partial charge in [-0.25, -0.2) is 4.39 Å². The number of nitrogens with zero attached hydrogens (tertiary/aromatic N) is 1. The highest BCUT2D eigenvalue weighted by Gasteiger charge is 2.25. The molecule has 0 unspecified atom stereocenters. The van der Waals surface area contributed by atoms with Crippen LogP contribution in [-0.4, -0.2) is 25.5 Å². The third-order valence-electron chi connectivity index (χ3n) is 3.21. The van der Waals surface area contributed by atoms with Crippen LogP contribution in [0.3, 0.4) is 0 Å². The average Bonchev–Trinajstić information content (AvgIpc) is 2.38. The van der Waals surface area contributed by atoms with Crippen molar-refractivity contribution >= 4 is 23.2 Å². The number of benzene rings is 1. The smallest absolute Gasteiger partial charge is 0.243 e. The summed E-state index contributed by atoms with van der Waals surface area (Å²) in [7, 11) is 1.66. The molecule has 18 heavy (non-hydrogen) atoms. The minimum atomic E-state index is -0.402. The number of likely N-dealkylation sites (N-methyl/N-ethyl adjacent to an activating group) is 1. The second kappa shape index (κ2) is 5.67. The Balaban J connectivity index is 2.14. The fraction of sp³-hybridized carbons (Fsp3) is 0.462. The predicted octanol–water partition coefficient (Wildman–Crippen LogP) is 2.58. The second-order valence-corrected chi connectivity index (χ2v) is 4.90. The van der Waals surface area contributed by atoms with Crippen LogP contribution in [0.5, 0.6) is 0 Å². The molecule has 1 aliphatic heterocycles. The molecule has 5 heteroatoms. The quantitative estimate of drug-likeness (QED) is 0.896. The number of nitrogens with one attached hydrogen (secondary N) is 1. The Hall–Kier alpha value is -1.13.